The summed E-state index contributed by atoms with van der Waals surface area (Å²) >= 11 is 0. The van der Waals surface area contributed by atoms with E-state index in [0.29, 0.717) is 5.84 Å². The summed E-state index contributed by atoms with van der Waals surface area (Å²) in [7, 11) is 0. The normalized spacial score (nSPS) is 19.1. The Morgan fingerprint density at radius 2 is 2.00 bits per heavy atom. The molecule has 1 saturated heterocycles. The number of unbranched alkanes of at least 4 members (excludes halogenated alkanes) is 1. The summed E-state index contributed by atoms with van der Waals surface area (Å²) in [4.78, 5) is 2.53. The van der Waals surface area contributed by atoms with E-state index >= 15 is 0 Å². The molecule has 0 aromatic rings. The van der Waals surface area contributed by atoms with Crippen molar-refractivity contribution in [1.29, 1.82) is 0 Å². The first-order chi connectivity index (χ1) is 9.99. The van der Waals surface area contributed by atoms with Crippen molar-refractivity contribution >= 4 is 5.84 Å². The zero-order valence-electron chi connectivity index (χ0n) is 14.1. The zero-order chi connectivity index (χ0) is 15.7. The van der Waals surface area contributed by atoms with Gasteiger partial charge >= 0.3 is 0 Å². The molecule has 0 amide bonds. The molecule has 1 aliphatic rings. The molecule has 0 aromatic heterocycles. The minimum absolute atomic E-state index is 0.207. The van der Waals surface area contributed by atoms with E-state index in [4.69, 9.17) is 10.9 Å². The van der Waals surface area contributed by atoms with Crippen molar-refractivity contribution in [1.82, 2.24) is 10.2 Å². The molecule has 0 aliphatic carbocycles. The van der Waals surface area contributed by atoms with Gasteiger partial charge in [0.15, 0.2) is 0 Å². The van der Waals surface area contributed by atoms with Gasteiger partial charge in [0.05, 0.1) is 0 Å². The lowest BCUT2D eigenvalue weighted by molar-refractivity contribution is 0.190. The fraction of sp³-hybridized carbons (Fsp3) is 0.938. The van der Waals surface area contributed by atoms with E-state index in [1.54, 1.807) is 0 Å². The van der Waals surface area contributed by atoms with Crippen LogP contribution in [0, 0.1) is 11.3 Å². The molecule has 5 nitrogen and oxygen atoms in total. The molecule has 0 atom stereocenters. The number of amidine groups is 1. The highest BCUT2D eigenvalue weighted by Gasteiger charge is 2.22. The number of rotatable bonds is 9. The van der Waals surface area contributed by atoms with Crippen LogP contribution in [0.4, 0.5) is 0 Å². The minimum atomic E-state index is -0.207. The third kappa shape index (κ3) is 6.66. The molecule has 1 fully saturated rings. The molecule has 0 aromatic carbocycles. The Bertz CT molecular complexity index is 309. The lowest BCUT2D eigenvalue weighted by Gasteiger charge is -2.31. The second kappa shape index (κ2) is 9.26. The Morgan fingerprint density at radius 3 is 2.57 bits per heavy atom. The van der Waals surface area contributed by atoms with E-state index in [1.165, 1.54) is 32.5 Å². The van der Waals surface area contributed by atoms with Crippen LogP contribution in [0.15, 0.2) is 5.16 Å². The molecule has 0 radical (unpaired) electrons. The predicted octanol–water partition coefficient (Wildman–Crippen LogP) is 2.25. The van der Waals surface area contributed by atoms with Gasteiger partial charge in [-0.05, 0) is 64.3 Å². The lowest BCUT2D eigenvalue weighted by atomic mass is 9.86. The van der Waals surface area contributed by atoms with Crippen LogP contribution in [0.5, 0.6) is 0 Å². The second-order valence-electron chi connectivity index (χ2n) is 6.91. The van der Waals surface area contributed by atoms with Crippen LogP contribution in [0.2, 0.25) is 0 Å². The van der Waals surface area contributed by atoms with Crippen molar-refractivity contribution in [3.05, 3.63) is 0 Å². The van der Waals surface area contributed by atoms with Gasteiger partial charge in [-0.25, -0.2) is 0 Å². The van der Waals surface area contributed by atoms with Crippen molar-refractivity contribution < 1.29 is 5.21 Å². The summed E-state index contributed by atoms with van der Waals surface area (Å²) in [6, 6.07) is 0. The Hall–Kier alpha value is -0.810. The van der Waals surface area contributed by atoms with Gasteiger partial charge in [0.1, 0.15) is 5.84 Å². The number of nitrogens with zero attached hydrogens (tertiary/aromatic N) is 2. The van der Waals surface area contributed by atoms with Gasteiger partial charge in [-0.2, -0.15) is 0 Å². The molecule has 1 heterocycles. The smallest absolute Gasteiger partial charge is 0.144 e. The highest BCUT2D eigenvalue weighted by Crippen LogP contribution is 2.23. The highest BCUT2D eigenvalue weighted by molar-refractivity contribution is 5.85. The van der Waals surface area contributed by atoms with Gasteiger partial charge in [-0.15, -0.1) is 0 Å². The van der Waals surface area contributed by atoms with Crippen LogP contribution < -0.4 is 11.1 Å². The first-order valence-electron chi connectivity index (χ1n) is 8.40. The van der Waals surface area contributed by atoms with E-state index < -0.39 is 0 Å². The standard InChI is InChI=1S/C16H34N4O/c1-4-20-11-7-14(8-12-20)13-18-10-6-5-9-16(2,3)15(17)19-21/h14,18,21H,4-13H2,1-3H3,(H2,17,19). The summed E-state index contributed by atoms with van der Waals surface area (Å²) in [5.74, 6) is 1.18. The van der Waals surface area contributed by atoms with Crippen molar-refractivity contribution in [2.24, 2.45) is 22.2 Å². The average Bonchev–Trinajstić information content (AvgIpc) is 2.50. The van der Waals surface area contributed by atoms with Crippen LogP contribution >= 0.6 is 0 Å². The van der Waals surface area contributed by atoms with Gasteiger partial charge in [0.25, 0.3) is 0 Å². The molecule has 5 heteroatoms. The Morgan fingerprint density at radius 1 is 1.33 bits per heavy atom. The Kier molecular flexibility index (Phi) is 8.04. The molecule has 0 spiro atoms. The average molecular weight is 298 g/mol. The van der Waals surface area contributed by atoms with Crippen molar-refractivity contribution in [2.45, 2.75) is 52.9 Å². The SMILES string of the molecule is CCN1CCC(CNCCCCC(C)(C)C(N)=NO)CC1. The minimum Gasteiger partial charge on any atom is -0.409 e. The van der Waals surface area contributed by atoms with Crippen LogP contribution in [0.3, 0.4) is 0 Å². The molecule has 124 valence electrons. The molecular formula is C16H34N4O. The van der Waals surface area contributed by atoms with Crippen LogP contribution in [-0.4, -0.2) is 48.7 Å². The second-order valence-corrected chi connectivity index (χ2v) is 6.91. The number of nitrogens with one attached hydrogen (secondary N) is 1. The summed E-state index contributed by atoms with van der Waals surface area (Å²) in [6.07, 6.45) is 5.87. The van der Waals surface area contributed by atoms with E-state index in [9.17, 15) is 0 Å². The van der Waals surface area contributed by atoms with E-state index in [0.717, 1.165) is 38.3 Å². The van der Waals surface area contributed by atoms with Crippen molar-refractivity contribution in [3.8, 4) is 0 Å². The topological polar surface area (TPSA) is 73.9 Å². The van der Waals surface area contributed by atoms with Gasteiger partial charge in [-0.3, -0.25) is 0 Å². The van der Waals surface area contributed by atoms with Crippen LogP contribution in [0.1, 0.15) is 52.9 Å². The highest BCUT2D eigenvalue weighted by atomic mass is 16.4. The maximum Gasteiger partial charge on any atom is 0.144 e. The van der Waals surface area contributed by atoms with Gasteiger partial charge in [-0.1, -0.05) is 32.3 Å². The number of nitrogens with two attached hydrogens (primary N) is 1. The fourth-order valence-electron chi connectivity index (χ4n) is 2.89. The van der Waals surface area contributed by atoms with Crippen LogP contribution in [0.25, 0.3) is 0 Å². The molecule has 4 N–H and O–H groups in total. The summed E-state index contributed by atoms with van der Waals surface area (Å²) in [5.41, 5.74) is 5.49. The van der Waals surface area contributed by atoms with E-state index in [-0.39, 0.29) is 5.41 Å². The lowest BCUT2D eigenvalue weighted by Crippen LogP contribution is -2.37. The first-order valence-corrected chi connectivity index (χ1v) is 8.40. The van der Waals surface area contributed by atoms with Crippen molar-refractivity contribution in [3.63, 3.8) is 0 Å². The number of hydrogen-bond donors (Lipinski definition) is 3. The number of likely N-dealkylation sites (tertiary alicyclic amines) is 1. The van der Waals surface area contributed by atoms with Crippen LogP contribution in [-0.2, 0) is 0 Å². The van der Waals surface area contributed by atoms with E-state index in [1.807, 2.05) is 13.8 Å². The molecule has 0 saturated carbocycles. The maximum atomic E-state index is 8.74. The summed E-state index contributed by atoms with van der Waals surface area (Å²) < 4.78 is 0. The first kappa shape index (κ1) is 18.2. The number of oxime groups is 1. The van der Waals surface area contributed by atoms with Gasteiger partial charge < -0.3 is 21.2 Å². The number of hydrogen-bond acceptors (Lipinski definition) is 4. The van der Waals surface area contributed by atoms with E-state index in [2.05, 4.69) is 22.3 Å². The molecular weight excluding hydrogens is 264 g/mol. The third-order valence-corrected chi connectivity index (χ3v) is 4.79. The Balaban J connectivity index is 2.03. The zero-order valence-corrected chi connectivity index (χ0v) is 14.1. The molecule has 0 unspecified atom stereocenters. The number of piperidine rings is 1. The largest absolute Gasteiger partial charge is 0.409 e. The molecule has 1 aliphatic heterocycles. The monoisotopic (exact) mass is 298 g/mol. The molecule has 0 bridgehead atoms. The van der Waals surface area contributed by atoms with Gasteiger partial charge in [0, 0.05) is 5.41 Å². The summed E-state index contributed by atoms with van der Waals surface area (Å²) in [5, 5.41) is 15.5. The van der Waals surface area contributed by atoms with Crippen molar-refractivity contribution in [2.75, 3.05) is 32.7 Å². The quantitative estimate of drug-likeness (QED) is 0.201. The Labute approximate surface area is 130 Å². The molecule has 1 rings (SSSR count). The van der Waals surface area contributed by atoms with Gasteiger partial charge in [0.2, 0.25) is 0 Å². The predicted molar refractivity (Wildman–Crippen MR) is 88.7 cm³/mol. The summed E-state index contributed by atoms with van der Waals surface area (Å²) in [6.45, 7) is 12.2. The molecule has 21 heavy (non-hydrogen) atoms. The maximum absolute atomic E-state index is 8.74. The fourth-order valence-corrected chi connectivity index (χ4v) is 2.89. The third-order valence-electron chi connectivity index (χ3n) is 4.79.